The molecular weight excluding hydrogens is 432 g/mol. The van der Waals surface area contributed by atoms with E-state index < -0.39 is 95.7 Å². The molecule has 0 aliphatic rings. The number of rotatable bonds is 7. The minimum Gasteiger partial charge on any atom is -0.461 e. The number of hydrogen-bond acceptors (Lipinski definition) is 4. The second-order valence-electron chi connectivity index (χ2n) is 5.74. The van der Waals surface area contributed by atoms with E-state index >= 15 is 0 Å². The number of carbonyl (C=O) groups is 2. The normalized spacial score (nSPS) is 10.8. The quantitative estimate of drug-likeness (QED) is 0.277. The van der Waals surface area contributed by atoms with Gasteiger partial charge in [-0.2, -0.15) is 0 Å². The first-order valence-corrected chi connectivity index (χ1v) is 7.97. The van der Waals surface area contributed by atoms with Crippen LogP contribution in [0.2, 0.25) is 0 Å². The highest BCUT2D eigenvalue weighted by Gasteiger charge is 2.21. The van der Waals surface area contributed by atoms with Crippen molar-refractivity contribution in [1.29, 1.82) is 0 Å². The van der Waals surface area contributed by atoms with E-state index in [1.165, 1.54) is 0 Å². The summed E-state index contributed by atoms with van der Waals surface area (Å²) >= 11 is 0. The van der Waals surface area contributed by atoms with Gasteiger partial charge in [0.1, 0.15) is 13.2 Å². The maximum atomic E-state index is 13.4. The fourth-order valence-electron chi connectivity index (χ4n) is 2.12. The summed E-state index contributed by atoms with van der Waals surface area (Å²) < 4.78 is 114. The lowest BCUT2D eigenvalue weighted by Gasteiger charge is -2.09. The summed E-state index contributed by atoms with van der Waals surface area (Å²) in [7, 11) is 0. The molecule has 0 radical (unpaired) electrons. The van der Waals surface area contributed by atoms with Crippen LogP contribution in [0.25, 0.3) is 0 Å². The van der Waals surface area contributed by atoms with Crippen molar-refractivity contribution in [3.8, 4) is 0 Å². The van der Waals surface area contributed by atoms with Crippen LogP contribution in [-0.2, 0) is 32.3 Å². The van der Waals surface area contributed by atoms with Gasteiger partial charge in [-0.3, -0.25) is 9.59 Å². The van der Waals surface area contributed by atoms with Gasteiger partial charge in [0.25, 0.3) is 0 Å². The molecule has 0 N–H and O–H groups in total. The molecule has 0 aliphatic carbocycles. The van der Waals surface area contributed by atoms with Crippen LogP contribution in [0.4, 0.5) is 35.1 Å². The first-order chi connectivity index (χ1) is 14.0. The van der Waals surface area contributed by atoms with Gasteiger partial charge in [0.15, 0.2) is 46.5 Å². The largest absolute Gasteiger partial charge is 0.461 e. The second kappa shape index (κ2) is 9.55. The van der Waals surface area contributed by atoms with Gasteiger partial charge in [0, 0.05) is 11.1 Å². The Morgan fingerprint density at radius 2 is 0.900 bits per heavy atom. The van der Waals surface area contributed by atoms with Gasteiger partial charge in [0.2, 0.25) is 0 Å². The fraction of sp³-hybridized carbons (Fsp3) is 0.222. The SMILES string of the molecule is O=C(CCC(=O)OCc1cc(F)c(F)c(F)c1F)OCc1cc(F)c(F)c(F)c1F. The number of esters is 2. The predicted molar refractivity (Wildman–Crippen MR) is 81.4 cm³/mol. The van der Waals surface area contributed by atoms with Gasteiger partial charge in [-0.25, -0.2) is 35.1 Å². The first-order valence-electron chi connectivity index (χ1n) is 7.97. The van der Waals surface area contributed by atoms with Crippen LogP contribution in [0.5, 0.6) is 0 Å². The van der Waals surface area contributed by atoms with E-state index in [1.54, 1.807) is 0 Å². The molecule has 0 atom stereocenters. The number of halogens is 8. The summed E-state index contributed by atoms with van der Waals surface area (Å²) in [4.78, 5) is 23.0. The van der Waals surface area contributed by atoms with E-state index in [9.17, 15) is 44.7 Å². The molecule has 0 amide bonds. The van der Waals surface area contributed by atoms with Crippen LogP contribution in [0, 0.1) is 46.5 Å². The van der Waals surface area contributed by atoms with Crippen LogP contribution in [0.1, 0.15) is 24.0 Å². The van der Waals surface area contributed by atoms with Crippen LogP contribution in [-0.4, -0.2) is 11.9 Å². The predicted octanol–water partition coefficient (Wildman–Crippen LogP) is 4.37. The maximum absolute atomic E-state index is 13.4. The summed E-state index contributed by atoms with van der Waals surface area (Å²) in [5, 5.41) is 0. The van der Waals surface area contributed by atoms with E-state index in [4.69, 9.17) is 0 Å². The smallest absolute Gasteiger partial charge is 0.306 e. The average molecular weight is 442 g/mol. The van der Waals surface area contributed by atoms with Crippen LogP contribution < -0.4 is 0 Å². The molecule has 0 fully saturated rings. The van der Waals surface area contributed by atoms with Crippen LogP contribution in [0.15, 0.2) is 12.1 Å². The minimum atomic E-state index is -2.09. The Morgan fingerprint density at radius 3 is 1.23 bits per heavy atom. The Morgan fingerprint density at radius 1 is 0.567 bits per heavy atom. The Balaban J connectivity index is 1.84. The maximum Gasteiger partial charge on any atom is 0.306 e. The monoisotopic (exact) mass is 442 g/mol. The molecule has 0 unspecified atom stereocenters. The molecule has 0 heterocycles. The van der Waals surface area contributed by atoms with Crippen molar-refractivity contribution < 1.29 is 54.2 Å². The molecule has 0 saturated heterocycles. The van der Waals surface area contributed by atoms with Gasteiger partial charge in [0.05, 0.1) is 12.8 Å². The molecule has 30 heavy (non-hydrogen) atoms. The molecule has 0 spiro atoms. The second-order valence-corrected chi connectivity index (χ2v) is 5.74. The molecule has 4 nitrogen and oxygen atoms in total. The molecule has 0 aromatic heterocycles. The van der Waals surface area contributed by atoms with E-state index in [0.717, 1.165) is 0 Å². The average Bonchev–Trinajstić information content (AvgIpc) is 2.72. The Labute approximate surface area is 163 Å². The Hall–Kier alpha value is -3.18. The van der Waals surface area contributed by atoms with Crippen LogP contribution >= 0.6 is 0 Å². The van der Waals surface area contributed by atoms with Crippen molar-refractivity contribution in [2.45, 2.75) is 26.1 Å². The first kappa shape index (κ1) is 23.1. The molecule has 0 saturated carbocycles. The molecule has 12 heteroatoms. The molecule has 2 aromatic rings. The standard InChI is InChI=1S/C18H10F8O4/c19-9-3-7(13(21)17(25)15(9)23)5-29-11(27)1-2-12(28)30-6-8-4-10(20)16(24)18(26)14(8)22/h3-4H,1-2,5-6H2. The van der Waals surface area contributed by atoms with Gasteiger partial charge in [-0.15, -0.1) is 0 Å². The van der Waals surface area contributed by atoms with Gasteiger partial charge < -0.3 is 9.47 Å². The van der Waals surface area contributed by atoms with Crippen molar-refractivity contribution in [1.82, 2.24) is 0 Å². The summed E-state index contributed by atoms with van der Waals surface area (Å²) in [6.07, 6.45) is -1.33. The lowest BCUT2D eigenvalue weighted by molar-refractivity contribution is -0.151. The molecule has 2 rings (SSSR count). The van der Waals surface area contributed by atoms with Gasteiger partial charge in [-0.1, -0.05) is 0 Å². The summed E-state index contributed by atoms with van der Waals surface area (Å²) in [6, 6.07) is 0.565. The summed E-state index contributed by atoms with van der Waals surface area (Å²) in [6.45, 7) is -1.93. The Kier molecular flexibility index (Phi) is 7.35. The number of benzene rings is 2. The lowest BCUT2D eigenvalue weighted by atomic mass is 10.2. The van der Waals surface area contributed by atoms with Gasteiger partial charge >= 0.3 is 11.9 Å². The molecule has 162 valence electrons. The summed E-state index contributed by atoms with van der Waals surface area (Å²) in [5.41, 5.74) is -1.59. The zero-order valence-electron chi connectivity index (χ0n) is 14.6. The third kappa shape index (κ3) is 5.24. The molecular formula is C18H10F8O4. The number of ether oxygens (including phenoxy) is 2. The van der Waals surface area contributed by atoms with E-state index in [0.29, 0.717) is 0 Å². The molecule has 0 aliphatic heterocycles. The third-order valence-electron chi connectivity index (χ3n) is 3.67. The highest BCUT2D eigenvalue weighted by atomic mass is 19.2. The topological polar surface area (TPSA) is 52.6 Å². The van der Waals surface area contributed by atoms with Crippen LogP contribution in [0.3, 0.4) is 0 Å². The zero-order chi connectivity index (χ0) is 22.6. The summed E-state index contributed by atoms with van der Waals surface area (Å²) in [5.74, 6) is -17.5. The van der Waals surface area contributed by atoms with E-state index in [-0.39, 0.29) is 12.1 Å². The van der Waals surface area contributed by atoms with Crippen molar-refractivity contribution in [2.24, 2.45) is 0 Å². The number of hydrogen-bond donors (Lipinski definition) is 0. The minimum absolute atomic E-state index is 0.283. The highest BCUT2D eigenvalue weighted by molar-refractivity contribution is 5.77. The lowest BCUT2D eigenvalue weighted by Crippen LogP contribution is -2.12. The van der Waals surface area contributed by atoms with Crippen molar-refractivity contribution >= 4 is 11.9 Å². The highest BCUT2D eigenvalue weighted by Crippen LogP contribution is 2.21. The Bertz CT molecular complexity index is 914. The van der Waals surface area contributed by atoms with E-state index in [1.807, 2.05) is 0 Å². The van der Waals surface area contributed by atoms with Crippen molar-refractivity contribution in [2.75, 3.05) is 0 Å². The molecule has 2 aromatic carbocycles. The fourth-order valence-corrected chi connectivity index (χ4v) is 2.12. The third-order valence-corrected chi connectivity index (χ3v) is 3.67. The van der Waals surface area contributed by atoms with Crippen molar-refractivity contribution in [3.05, 3.63) is 69.8 Å². The van der Waals surface area contributed by atoms with E-state index in [2.05, 4.69) is 9.47 Å². The zero-order valence-corrected chi connectivity index (χ0v) is 14.6. The molecule has 0 bridgehead atoms. The van der Waals surface area contributed by atoms with Gasteiger partial charge in [-0.05, 0) is 12.1 Å². The van der Waals surface area contributed by atoms with Crippen molar-refractivity contribution in [3.63, 3.8) is 0 Å². The number of carbonyl (C=O) groups excluding carboxylic acids is 2.